The summed E-state index contributed by atoms with van der Waals surface area (Å²) in [6.07, 6.45) is 0. The van der Waals surface area contributed by atoms with Crippen LogP contribution in [0, 0.1) is 0 Å². The van der Waals surface area contributed by atoms with Crippen LogP contribution >= 0.6 is 11.8 Å². The summed E-state index contributed by atoms with van der Waals surface area (Å²) >= 11 is 1.82. The maximum Gasteiger partial charge on any atom is 0.0804 e. The SMILES string of the molecule is Cn1c(Sc2ccc3ccccc3c2)cc2ccccc21. The monoisotopic (exact) mass is 289 g/mol. The van der Waals surface area contributed by atoms with Gasteiger partial charge in [-0.05, 0) is 35.0 Å². The van der Waals surface area contributed by atoms with Gasteiger partial charge >= 0.3 is 0 Å². The van der Waals surface area contributed by atoms with Crippen LogP contribution in [-0.4, -0.2) is 4.57 Å². The highest BCUT2D eigenvalue weighted by atomic mass is 32.2. The molecule has 0 radical (unpaired) electrons. The van der Waals surface area contributed by atoms with E-state index >= 15 is 0 Å². The molecular formula is C19H15NS. The Morgan fingerprint density at radius 1 is 0.714 bits per heavy atom. The molecule has 1 heterocycles. The Morgan fingerprint density at radius 3 is 2.24 bits per heavy atom. The van der Waals surface area contributed by atoms with Crippen molar-refractivity contribution in [2.24, 2.45) is 7.05 Å². The van der Waals surface area contributed by atoms with Gasteiger partial charge in [-0.2, -0.15) is 0 Å². The average Bonchev–Trinajstić information content (AvgIpc) is 2.84. The Bertz CT molecular complexity index is 937. The number of aryl methyl sites for hydroxylation is 1. The highest BCUT2D eigenvalue weighted by Crippen LogP contribution is 2.33. The Hall–Kier alpha value is -2.19. The molecule has 0 amide bonds. The minimum Gasteiger partial charge on any atom is -0.339 e. The van der Waals surface area contributed by atoms with E-state index in [1.807, 2.05) is 11.8 Å². The van der Waals surface area contributed by atoms with Gasteiger partial charge in [0.25, 0.3) is 0 Å². The van der Waals surface area contributed by atoms with E-state index in [1.165, 1.54) is 31.6 Å². The first-order valence-corrected chi connectivity index (χ1v) is 7.84. The van der Waals surface area contributed by atoms with Crippen LogP contribution in [0.2, 0.25) is 0 Å². The lowest BCUT2D eigenvalue weighted by Crippen LogP contribution is -1.88. The van der Waals surface area contributed by atoms with Crippen LogP contribution in [0.5, 0.6) is 0 Å². The molecule has 4 aromatic rings. The third kappa shape index (κ3) is 2.22. The molecule has 0 saturated carbocycles. The molecule has 0 fully saturated rings. The quantitative estimate of drug-likeness (QED) is 0.473. The number of aromatic nitrogens is 1. The van der Waals surface area contributed by atoms with Crippen molar-refractivity contribution in [3.63, 3.8) is 0 Å². The zero-order valence-electron chi connectivity index (χ0n) is 11.8. The largest absolute Gasteiger partial charge is 0.339 e. The Kier molecular flexibility index (Phi) is 2.97. The zero-order valence-corrected chi connectivity index (χ0v) is 12.6. The zero-order chi connectivity index (χ0) is 14.2. The molecule has 1 nitrogen and oxygen atoms in total. The predicted octanol–water partition coefficient (Wildman–Crippen LogP) is 5.48. The second-order valence-electron chi connectivity index (χ2n) is 5.21. The van der Waals surface area contributed by atoms with E-state index in [2.05, 4.69) is 84.4 Å². The summed E-state index contributed by atoms with van der Waals surface area (Å²) in [7, 11) is 2.13. The third-order valence-electron chi connectivity index (χ3n) is 3.85. The van der Waals surface area contributed by atoms with E-state index in [1.54, 1.807) is 0 Å². The van der Waals surface area contributed by atoms with E-state index in [0.717, 1.165) is 0 Å². The fourth-order valence-corrected chi connectivity index (χ4v) is 3.70. The van der Waals surface area contributed by atoms with Gasteiger partial charge in [0.2, 0.25) is 0 Å². The molecule has 0 spiro atoms. The normalized spacial score (nSPS) is 11.3. The summed E-state index contributed by atoms with van der Waals surface area (Å²) < 4.78 is 2.26. The van der Waals surface area contributed by atoms with E-state index in [9.17, 15) is 0 Å². The van der Waals surface area contributed by atoms with E-state index in [4.69, 9.17) is 0 Å². The standard InChI is InChI=1S/C19H15NS/c1-20-18-9-5-4-8-16(18)13-19(20)21-17-11-10-14-6-2-3-7-15(14)12-17/h2-13H,1H3. The molecule has 0 aliphatic carbocycles. The molecule has 0 N–H and O–H groups in total. The molecule has 0 aliphatic rings. The van der Waals surface area contributed by atoms with Crippen molar-refractivity contribution in [1.29, 1.82) is 0 Å². The van der Waals surface area contributed by atoms with Crippen molar-refractivity contribution in [3.8, 4) is 0 Å². The number of benzene rings is 3. The maximum atomic E-state index is 2.26. The lowest BCUT2D eigenvalue weighted by molar-refractivity contribution is 0.862. The highest BCUT2D eigenvalue weighted by molar-refractivity contribution is 7.99. The average molecular weight is 289 g/mol. The first kappa shape index (κ1) is 12.5. The minimum atomic E-state index is 1.27. The van der Waals surface area contributed by atoms with Crippen LogP contribution in [0.25, 0.3) is 21.7 Å². The summed E-state index contributed by atoms with van der Waals surface area (Å²) in [6, 6.07) is 25.9. The molecule has 21 heavy (non-hydrogen) atoms. The van der Waals surface area contributed by atoms with Gasteiger partial charge in [0.05, 0.1) is 5.03 Å². The van der Waals surface area contributed by atoms with Crippen molar-refractivity contribution in [2.45, 2.75) is 9.92 Å². The van der Waals surface area contributed by atoms with Crippen LogP contribution < -0.4 is 0 Å². The van der Waals surface area contributed by atoms with Gasteiger partial charge in [-0.3, -0.25) is 0 Å². The van der Waals surface area contributed by atoms with Gasteiger partial charge in [0, 0.05) is 22.8 Å². The van der Waals surface area contributed by atoms with Crippen molar-refractivity contribution < 1.29 is 0 Å². The van der Waals surface area contributed by atoms with Crippen LogP contribution in [-0.2, 0) is 7.05 Å². The Morgan fingerprint density at radius 2 is 1.43 bits per heavy atom. The van der Waals surface area contributed by atoms with Gasteiger partial charge in [-0.15, -0.1) is 0 Å². The molecule has 0 aliphatic heterocycles. The van der Waals surface area contributed by atoms with Crippen LogP contribution in [0.1, 0.15) is 0 Å². The minimum absolute atomic E-state index is 1.27. The second-order valence-corrected chi connectivity index (χ2v) is 6.31. The number of hydrogen-bond donors (Lipinski definition) is 0. The Balaban J connectivity index is 1.77. The van der Waals surface area contributed by atoms with Crippen LogP contribution in [0.4, 0.5) is 0 Å². The van der Waals surface area contributed by atoms with Gasteiger partial charge < -0.3 is 4.57 Å². The predicted molar refractivity (Wildman–Crippen MR) is 91.0 cm³/mol. The van der Waals surface area contributed by atoms with Crippen molar-refractivity contribution in [1.82, 2.24) is 4.57 Å². The van der Waals surface area contributed by atoms with E-state index in [0.29, 0.717) is 0 Å². The molecule has 102 valence electrons. The van der Waals surface area contributed by atoms with Gasteiger partial charge in [-0.1, -0.05) is 60.3 Å². The summed E-state index contributed by atoms with van der Waals surface area (Å²) in [6.45, 7) is 0. The van der Waals surface area contributed by atoms with Gasteiger partial charge in [0.1, 0.15) is 0 Å². The number of nitrogens with zero attached hydrogens (tertiary/aromatic N) is 1. The van der Waals surface area contributed by atoms with Crippen molar-refractivity contribution in [3.05, 3.63) is 72.8 Å². The van der Waals surface area contributed by atoms with Gasteiger partial charge in [-0.25, -0.2) is 0 Å². The third-order valence-corrected chi connectivity index (χ3v) is 4.94. The molecule has 0 atom stereocenters. The molecule has 0 unspecified atom stereocenters. The molecule has 0 bridgehead atoms. The van der Waals surface area contributed by atoms with E-state index < -0.39 is 0 Å². The molecule has 4 rings (SSSR count). The topological polar surface area (TPSA) is 4.93 Å². The van der Waals surface area contributed by atoms with Crippen LogP contribution in [0.3, 0.4) is 0 Å². The Labute approximate surface area is 128 Å². The number of rotatable bonds is 2. The van der Waals surface area contributed by atoms with Crippen LogP contribution in [0.15, 0.2) is 82.7 Å². The fraction of sp³-hybridized carbons (Fsp3) is 0.0526. The lowest BCUT2D eigenvalue weighted by atomic mass is 10.1. The smallest absolute Gasteiger partial charge is 0.0804 e. The number of hydrogen-bond acceptors (Lipinski definition) is 1. The lowest BCUT2D eigenvalue weighted by Gasteiger charge is -2.05. The first-order valence-electron chi connectivity index (χ1n) is 7.02. The summed E-state index contributed by atoms with van der Waals surface area (Å²) in [5, 5.41) is 5.15. The molecular weight excluding hydrogens is 274 g/mol. The molecule has 0 saturated heterocycles. The highest BCUT2D eigenvalue weighted by Gasteiger charge is 2.07. The molecule has 2 heteroatoms. The molecule has 1 aromatic heterocycles. The molecule has 3 aromatic carbocycles. The second kappa shape index (κ2) is 4.97. The maximum absolute atomic E-state index is 2.26. The summed E-state index contributed by atoms with van der Waals surface area (Å²) in [5.41, 5.74) is 1.28. The summed E-state index contributed by atoms with van der Waals surface area (Å²) in [4.78, 5) is 1.28. The van der Waals surface area contributed by atoms with Crippen molar-refractivity contribution >= 4 is 33.4 Å². The first-order chi connectivity index (χ1) is 10.3. The van der Waals surface area contributed by atoms with E-state index in [-0.39, 0.29) is 0 Å². The van der Waals surface area contributed by atoms with Crippen molar-refractivity contribution in [2.75, 3.05) is 0 Å². The summed E-state index contributed by atoms with van der Waals surface area (Å²) in [5.74, 6) is 0. The number of fused-ring (bicyclic) bond motifs is 2. The van der Waals surface area contributed by atoms with Gasteiger partial charge in [0.15, 0.2) is 0 Å². The fourth-order valence-electron chi connectivity index (χ4n) is 2.71. The number of para-hydroxylation sites is 1.